The SMILES string of the molecule is CCC(C)(CCO)NC(=O)c1ccc(C)c(NC(=O)c2ccco2)c1. The normalized spacial score (nSPS) is 13.1. The Hall–Kier alpha value is -2.60. The smallest absolute Gasteiger partial charge is 0.291 e. The van der Waals surface area contributed by atoms with Crippen LogP contribution in [0.4, 0.5) is 5.69 Å². The van der Waals surface area contributed by atoms with E-state index in [1.165, 1.54) is 6.26 Å². The van der Waals surface area contributed by atoms with E-state index < -0.39 is 5.54 Å². The first-order valence-electron chi connectivity index (χ1n) is 8.27. The first-order valence-corrected chi connectivity index (χ1v) is 8.27. The van der Waals surface area contributed by atoms with Gasteiger partial charge in [-0.1, -0.05) is 13.0 Å². The quantitative estimate of drug-likeness (QED) is 0.719. The molecule has 1 unspecified atom stereocenters. The minimum Gasteiger partial charge on any atom is -0.459 e. The van der Waals surface area contributed by atoms with Crippen LogP contribution in [0, 0.1) is 6.92 Å². The number of carbonyl (C=O) groups is 2. The van der Waals surface area contributed by atoms with Crippen molar-refractivity contribution in [2.75, 3.05) is 11.9 Å². The summed E-state index contributed by atoms with van der Waals surface area (Å²) in [5.74, 6) is -0.411. The van der Waals surface area contributed by atoms with Gasteiger partial charge in [-0.2, -0.15) is 0 Å². The van der Waals surface area contributed by atoms with E-state index in [1.807, 2.05) is 20.8 Å². The Morgan fingerprint density at radius 1 is 1.24 bits per heavy atom. The Morgan fingerprint density at radius 3 is 2.60 bits per heavy atom. The van der Waals surface area contributed by atoms with Gasteiger partial charge >= 0.3 is 0 Å². The van der Waals surface area contributed by atoms with Crippen LogP contribution in [0.3, 0.4) is 0 Å². The lowest BCUT2D eigenvalue weighted by molar-refractivity contribution is 0.0885. The van der Waals surface area contributed by atoms with Crippen LogP contribution in [0.15, 0.2) is 41.0 Å². The van der Waals surface area contributed by atoms with Gasteiger partial charge in [0.1, 0.15) is 0 Å². The molecule has 0 aliphatic carbocycles. The third-order valence-electron chi connectivity index (χ3n) is 4.35. The zero-order valence-corrected chi connectivity index (χ0v) is 14.8. The summed E-state index contributed by atoms with van der Waals surface area (Å²) in [5.41, 5.74) is 1.35. The number of aliphatic hydroxyl groups is 1. The Bertz CT molecular complexity index is 740. The van der Waals surface area contributed by atoms with Crippen molar-refractivity contribution in [2.24, 2.45) is 0 Å². The van der Waals surface area contributed by atoms with Crippen molar-refractivity contribution in [1.29, 1.82) is 0 Å². The van der Waals surface area contributed by atoms with Gasteiger partial charge in [0.15, 0.2) is 5.76 Å². The van der Waals surface area contributed by atoms with Gasteiger partial charge in [-0.3, -0.25) is 9.59 Å². The molecule has 2 rings (SSSR count). The third-order valence-corrected chi connectivity index (χ3v) is 4.35. The predicted octanol–water partition coefficient (Wildman–Crippen LogP) is 3.12. The summed E-state index contributed by atoms with van der Waals surface area (Å²) in [6.45, 7) is 5.71. The molecule has 0 aliphatic rings. The molecule has 1 heterocycles. The lowest BCUT2D eigenvalue weighted by Crippen LogP contribution is -2.46. The van der Waals surface area contributed by atoms with Crippen molar-refractivity contribution in [3.8, 4) is 0 Å². The van der Waals surface area contributed by atoms with Crippen LogP contribution < -0.4 is 10.6 Å². The number of rotatable bonds is 7. The number of hydrogen-bond donors (Lipinski definition) is 3. The van der Waals surface area contributed by atoms with Gasteiger partial charge < -0.3 is 20.2 Å². The minimum absolute atomic E-state index is 0.00295. The Balaban J connectivity index is 2.17. The number of furan rings is 1. The van der Waals surface area contributed by atoms with Crippen LogP contribution in [-0.4, -0.2) is 29.1 Å². The first kappa shape index (κ1) is 18.7. The van der Waals surface area contributed by atoms with Crippen LogP contribution in [0.1, 0.15) is 53.2 Å². The maximum absolute atomic E-state index is 12.5. The zero-order chi connectivity index (χ0) is 18.4. The number of nitrogens with one attached hydrogen (secondary N) is 2. The maximum Gasteiger partial charge on any atom is 0.291 e. The average molecular weight is 344 g/mol. The van der Waals surface area contributed by atoms with Crippen LogP contribution in [0.5, 0.6) is 0 Å². The second kappa shape index (κ2) is 7.98. The molecule has 1 atom stereocenters. The van der Waals surface area contributed by atoms with Crippen LogP contribution in [-0.2, 0) is 0 Å². The molecule has 2 amide bonds. The molecule has 0 spiro atoms. The summed E-state index contributed by atoms with van der Waals surface area (Å²) in [6.07, 6.45) is 2.61. The van der Waals surface area contributed by atoms with Crippen molar-refractivity contribution in [3.05, 3.63) is 53.5 Å². The monoisotopic (exact) mass is 344 g/mol. The summed E-state index contributed by atoms with van der Waals surface area (Å²) in [7, 11) is 0. The zero-order valence-electron chi connectivity index (χ0n) is 14.8. The topological polar surface area (TPSA) is 91.6 Å². The molecule has 6 heteroatoms. The van der Waals surface area contributed by atoms with Gasteiger partial charge in [0.25, 0.3) is 11.8 Å². The summed E-state index contributed by atoms with van der Waals surface area (Å²) in [5, 5.41) is 14.9. The Morgan fingerprint density at radius 2 is 2.00 bits per heavy atom. The van der Waals surface area contributed by atoms with E-state index in [0.29, 0.717) is 24.1 Å². The lowest BCUT2D eigenvalue weighted by atomic mass is 9.94. The highest BCUT2D eigenvalue weighted by Gasteiger charge is 2.24. The summed E-state index contributed by atoms with van der Waals surface area (Å²) < 4.78 is 5.08. The molecule has 0 radical (unpaired) electrons. The van der Waals surface area contributed by atoms with Gasteiger partial charge in [-0.15, -0.1) is 0 Å². The number of hydrogen-bond acceptors (Lipinski definition) is 4. The van der Waals surface area contributed by atoms with Crippen molar-refractivity contribution < 1.29 is 19.1 Å². The number of amides is 2. The number of aliphatic hydroxyl groups excluding tert-OH is 1. The Labute approximate surface area is 147 Å². The van der Waals surface area contributed by atoms with E-state index in [9.17, 15) is 14.7 Å². The molecular weight excluding hydrogens is 320 g/mol. The minimum atomic E-state index is -0.478. The van der Waals surface area contributed by atoms with E-state index in [0.717, 1.165) is 5.56 Å². The summed E-state index contributed by atoms with van der Waals surface area (Å²) in [6, 6.07) is 8.34. The fourth-order valence-corrected chi connectivity index (χ4v) is 2.41. The van der Waals surface area contributed by atoms with E-state index in [-0.39, 0.29) is 24.2 Å². The highest BCUT2D eigenvalue weighted by molar-refractivity contribution is 6.04. The molecule has 0 saturated carbocycles. The van der Waals surface area contributed by atoms with Crippen molar-refractivity contribution in [2.45, 2.75) is 39.2 Å². The summed E-state index contributed by atoms with van der Waals surface area (Å²) >= 11 is 0. The van der Waals surface area contributed by atoms with Gasteiger partial charge in [0, 0.05) is 23.4 Å². The van der Waals surface area contributed by atoms with Crippen LogP contribution >= 0.6 is 0 Å². The standard InChI is InChI=1S/C19H24N2O4/c1-4-19(3,9-10-22)21-17(23)14-8-7-13(2)15(12-14)20-18(24)16-6-5-11-25-16/h5-8,11-12,22H,4,9-10H2,1-3H3,(H,20,24)(H,21,23). The van der Waals surface area contributed by atoms with Gasteiger partial charge in [0.2, 0.25) is 0 Å². The first-order chi connectivity index (χ1) is 11.9. The molecule has 0 bridgehead atoms. The predicted molar refractivity (Wildman–Crippen MR) is 95.7 cm³/mol. The molecule has 2 aromatic rings. The second-order valence-corrected chi connectivity index (χ2v) is 6.30. The third kappa shape index (κ3) is 4.70. The largest absolute Gasteiger partial charge is 0.459 e. The highest BCUT2D eigenvalue weighted by Crippen LogP contribution is 2.20. The molecule has 0 aliphatic heterocycles. The molecule has 0 saturated heterocycles. The molecule has 134 valence electrons. The van der Waals surface area contributed by atoms with Gasteiger partial charge in [-0.25, -0.2) is 0 Å². The molecule has 1 aromatic heterocycles. The molecule has 25 heavy (non-hydrogen) atoms. The number of anilines is 1. The molecule has 6 nitrogen and oxygen atoms in total. The number of benzene rings is 1. The molecular formula is C19H24N2O4. The molecule has 0 fully saturated rings. The average Bonchev–Trinajstić information content (AvgIpc) is 3.11. The van der Waals surface area contributed by atoms with E-state index in [2.05, 4.69) is 10.6 Å². The van der Waals surface area contributed by atoms with E-state index in [1.54, 1.807) is 30.3 Å². The maximum atomic E-state index is 12.5. The molecule has 1 aromatic carbocycles. The lowest BCUT2D eigenvalue weighted by Gasteiger charge is -2.29. The number of aryl methyl sites for hydroxylation is 1. The van der Waals surface area contributed by atoms with Crippen LogP contribution in [0.25, 0.3) is 0 Å². The molecule has 3 N–H and O–H groups in total. The number of carbonyl (C=O) groups excluding carboxylic acids is 2. The summed E-state index contributed by atoms with van der Waals surface area (Å²) in [4.78, 5) is 24.7. The van der Waals surface area contributed by atoms with Crippen molar-refractivity contribution in [3.63, 3.8) is 0 Å². The van der Waals surface area contributed by atoms with Gasteiger partial charge in [-0.05, 0) is 56.5 Å². The Kier molecular flexibility index (Phi) is 5.98. The van der Waals surface area contributed by atoms with E-state index >= 15 is 0 Å². The van der Waals surface area contributed by atoms with Crippen molar-refractivity contribution in [1.82, 2.24) is 5.32 Å². The van der Waals surface area contributed by atoms with Crippen molar-refractivity contribution >= 4 is 17.5 Å². The van der Waals surface area contributed by atoms with Gasteiger partial charge in [0.05, 0.1) is 6.26 Å². The fourth-order valence-electron chi connectivity index (χ4n) is 2.41. The van der Waals surface area contributed by atoms with E-state index in [4.69, 9.17) is 4.42 Å². The highest BCUT2D eigenvalue weighted by atomic mass is 16.3. The van der Waals surface area contributed by atoms with Crippen LogP contribution in [0.2, 0.25) is 0 Å². The fraction of sp³-hybridized carbons (Fsp3) is 0.368. The second-order valence-electron chi connectivity index (χ2n) is 6.30.